The van der Waals surface area contributed by atoms with E-state index >= 15 is 0 Å². The monoisotopic (exact) mass is 586 g/mol. The number of H-pyrrole nitrogens is 1. The Bertz CT molecular complexity index is 1660. The number of hydrogen-bond acceptors (Lipinski definition) is 8. The fraction of sp³-hybridized carbons (Fsp3) is 0.286. The molecule has 1 aliphatic heterocycles. The van der Waals surface area contributed by atoms with Gasteiger partial charge in [0.25, 0.3) is 5.91 Å². The molecule has 2 aromatic heterocycles. The summed E-state index contributed by atoms with van der Waals surface area (Å²) in [5, 5.41) is 3.26. The third-order valence-electron chi connectivity index (χ3n) is 6.99. The van der Waals surface area contributed by atoms with Crippen molar-refractivity contribution in [2.75, 3.05) is 39.6 Å². The molecule has 5 rings (SSSR count). The first-order chi connectivity index (χ1) is 20.0. The van der Waals surface area contributed by atoms with Gasteiger partial charge in [-0.25, -0.2) is 14.2 Å². The number of nitrogens with one attached hydrogen (secondary N) is 2. The number of methoxy groups -OCH3 is 1. The number of rotatable bonds is 7. The van der Waals surface area contributed by atoms with Crippen LogP contribution in [0.25, 0.3) is 22.3 Å². The van der Waals surface area contributed by atoms with E-state index in [1.807, 2.05) is 11.9 Å². The lowest BCUT2D eigenvalue weighted by molar-refractivity contribution is -0.189. The van der Waals surface area contributed by atoms with E-state index in [2.05, 4.69) is 20.3 Å². The van der Waals surface area contributed by atoms with Gasteiger partial charge in [-0.1, -0.05) is 6.07 Å². The van der Waals surface area contributed by atoms with E-state index in [1.165, 1.54) is 42.5 Å². The summed E-state index contributed by atoms with van der Waals surface area (Å²) in [7, 11) is 4.60. The molecule has 0 bridgehead atoms. The van der Waals surface area contributed by atoms with Gasteiger partial charge in [-0.2, -0.15) is 13.2 Å². The number of benzene rings is 2. The van der Waals surface area contributed by atoms with Gasteiger partial charge in [-0.3, -0.25) is 9.78 Å². The van der Waals surface area contributed by atoms with Crippen molar-refractivity contribution in [3.05, 3.63) is 60.2 Å². The zero-order valence-electron chi connectivity index (χ0n) is 22.8. The van der Waals surface area contributed by atoms with Crippen molar-refractivity contribution in [1.82, 2.24) is 24.8 Å². The van der Waals surface area contributed by atoms with Crippen molar-refractivity contribution in [2.45, 2.75) is 18.6 Å². The van der Waals surface area contributed by atoms with Gasteiger partial charge in [0.2, 0.25) is 0 Å². The molecule has 2 N–H and O–H groups in total. The molecule has 10 nitrogen and oxygen atoms in total. The topological polar surface area (TPSA) is 113 Å². The number of aromatic amines is 1. The summed E-state index contributed by atoms with van der Waals surface area (Å²) >= 11 is 0. The van der Waals surface area contributed by atoms with Crippen molar-refractivity contribution in [1.29, 1.82) is 0 Å². The maximum Gasteiger partial charge on any atom is 0.491 e. The van der Waals surface area contributed by atoms with Gasteiger partial charge in [0, 0.05) is 30.5 Å². The van der Waals surface area contributed by atoms with Crippen LogP contribution in [-0.2, 0) is 4.79 Å². The highest BCUT2D eigenvalue weighted by atomic mass is 19.4. The molecule has 4 aromatic rings. The molecule has 1 amide bonds. The number of halogens is 4. The Morgan fingerprint density at radius 2 is 1.95 bits per heavy atom. The molecule has 2 aromatic carbocycles. The minimum Gasteiger partial charge on any atom is -0.491 e. The van der Waals surface area contributed by atoms with Crippen molar-refractivity contribution in [3.8, 4) is 22.9 Å². The van der Waals surface area contributed by atoms with E-state index in [0.717, 1.165) is 13.7 Å². The fourth-order valence-electron chi connectivity index (χ4n) is 4.82. The number of ether oxygens (including phenoxy) is 2. The maximum atomic E-state index is 14.2. The first-order valence-corrected chi connectivity index (χ1v) is 12.8. The fourth-order valence-corrected chi connectivity index (χ4v) is 4.82. The van der Waals surface area contributed by atoms with Crippen LogP contribution in [0.2, 0.25) is 0 Å². The molecular formula is C28H26F4N6O4. The molecular weight excluding hydrogens is 560 g/mol. The van der Waals surface area contributed by atoms with Crippen LogP contribution in [0.15, 0.2) is 48.8 Å². The molecule has 0 aliphatic carbocycles. The summed E-state index contributed by atoms with van der Waals surface area (Å²) < 4.78 is 64.0. The van der Waals surface area contributed by atoms with Crippen LogP contribution in [0.5, 0.6) is 11.5 Å². The lowest BCUT2D eigenvalue weighted by Crippen LogP contribution is -2.39. The summed E-state index contributed by atoms with van der Waals surface area (Å²) in [5.74, 6) is -4.44. The average molecular weight is 587 g/mol. The van der Waals surface area contributed by atoms with Crippen LogP contribution in [0, 0.1) is 5.82 Å². The summed E-state index contributed by atoms with van der Waals surface area (Å²) in [6.45, 7) is 1.33. The van der Waals surface area contributed by atoms with Gasteiger partial charge in [0.1, 0.15) is 17.3 Å². The van der Waals surface area contributed by atoms with Crippen LogP contribution in [0.3, 0.4) is 0 Å². The number of amides is 1. The lowest BCUT2D eigenvalue weighted by Gasteiger charge is -2.26. The van der Waals surface area contributed by atoms with Crippen LogP contribution >= 0.6 is 0 Å². The van der Waals surface area contributed by atoms with Gasteiger partial charge in [-0.05, 0) is 50.3 Å². The standard InChI is InChI=1S/C28H26F4N6O4/c1-37-10-9-15(14-37)38(2)26(39)16-7-8-20(25(41-3)24(16)42-27(40)28(30,31)32)35-23-13-33-12-22(36-23)21-11-17-18(29)5-4-6-19(17)34-21/h4-8,11-13,15,34H,9-10,14H2,1-3H3,(H,35,36). The van der Waals surface area contributed by atoms with Gasteiger partial charge in [0.15, 0.2) is 11.5 Å². The third-order valence-corrected chi connectivity index (χ3v) is 6.99. The van der Waals surface area contributed by atoms with Crippen molar-refractivity contribution < 1.29 is 36.6 Å². The highest BCUT2D eigenvalue weighted by Gasteiger charge is 2.43. The highest BCUT2D eigenvalue weighted by molar-refractivity contribution is 6.00. The summed E-state index contributed by atoms with van der Waals surface area (Å²) in [4.78, 5) is 40.5. The van der Waals surface area contributed by atoms with Gasteiger partial charge in [0.05, 0.1) is 36.4 Å². The number of likely N-dealkylation sites (tertiary alicyclic amines) is 1. The Balaban J connectivity index is 1.51. The molecule has 3 heterocycles. The minimum atomic E-state index is -5.33. The van der Waals surface area contributed by atoms with E-state index in [-0.39, 0.29) is 28.9 Å². The van der Waals surface area contributed by atoms with E-state index in [4.69, 9.17) is 9.47 Å². The number of esters is 1. The Kier molecular flexibility index (Phi) is 7.73. The highest BCUT2D eigenvalue weighted by Crippen LogP contribution is 2.41. The zero-order chi connectivity index (χ0) is 30.2. The molecule has 0 spiro atoms. The van der Waals surface area contributed by atoms with E-state index in [9.17, 15) is 27.2 Å². The number of carbonyl (C=O) groups is 2. The van der Waals surface area contributed by atoms with Crippen LogP contribution in [0.1, 0.15) is 16.8 Å². The summed E-state index contributed by atoms with van der Waals surface area (Å²) in [5.41, 5.74) is 1.13. The molecule has 220 valence electrons. The molecule has 42 heavy (non-hydrogen) atoms. The lowest BCUT2D eigenvalue weighted by atomic mass is 10.1. The van der Waals surface area contributed by atoms with Crippen molar-refractivity contribution in [2.24, 2.45) is 0 Å². The van der Waals surface area contributed by atoms with Crippen LogP contribution < -0.4 is 14.8 Å². The first-order valence-electron chi connectivity index (χ1n) is 12.8. The summed E-state index contributed by atoms with van der Waals surface area (Å²) in [6.07, 6.45) is -1.87. The molecule has 0 saturated carbocycles. The quantitative estimate of drug-likeness (QED) is 0.181. The van der Waals surface area contributed by atoms with Crippen LogP contribution in [-0.4, -0.2) is 83.1 Å². The Hall–Kier alpha value is -4.72. The molecule has 14 heteroatoms. The second kappa shape index (κ2) is 11.3. The molecule has 1 fully saturated rings. The number of fused-ring (bicyclic) bond motifs is 1. The van der Waals surface area contributed by atoms with Gasteiger partial charge >= 0.3 is 12.1 Å². The Morgan fingerprint density at radius 3 is 2.62 bits per heavy atom. The largest absolute Gasteiger partial charge is 0.491 e. The SMILES string of the molecule is COc1c(Nc2cncc(-c3cc4c(F)cccc4[nH]3)n2)ccc(C(=O)N(C)C2CCN(C)C2)c1OC(=O)C(F)(F)F. The van der Waals surface area contributed by atoms with Crippen molar-refractivity contribution in [3.63, 3.8) is 0 Å². The zero-order valence-corrected chi connectivity index (χ0v) is 22.8. The van der Waals surface area contributed by atoms with Crippen molar-refractivity contribution >= 4 is 34.3 Å². The molecule has 1 atom stereocenters. The average Bonchev–Trinajstić information content (AvgIpc) is 3.59. The predicted octanol–water partition coefficient (Wildman–Crippen LogP) is 4.76. The second-order valence-electron chi connectivity index (χ2n) is 9.83. The number of hydrogen-bond donors (Lipinski definition) is 2. The molecule has 1 unspecified atom stereocenters. The van der Waals surface area contributed by atoms with Gasteiger partial charge < -0.3 is 29.6 Å². The first kappa shape index (κ1) is 28.8. The Morgan fingerprint density at radius 1 is 1.17 bits per heavy atom. The van der Waals surface area contributed by atoms with E-state index in [1.54, 1.807) is 18.2 Å². The third kappa shape index (κ3) is 5.70. The number of aromatic nitrogens is 3. The number of likely N-dealkylation sites (N-methyl/N-ethyl adjacent to an activating group) is 2. The normalized spacial score (nSPS) is 15.5. The van der Waals surface area contributed by atoms with E-state index in [0.29, 0.717) is 35.3 Å². The summed E-state index contributed by atoms with van der Waals surface area (Å²) in [6, 6.07) is 8.64. The molecule has 1 aliphatic rings. The number of anilines is 2. The number of carbonyl (C=O) groups excluding carboxylic acids is 2. The molecule has 0 radical (unpaired) electrons. The maximum absolute atomic E-state index is 14.2. The second-order valence-corrected chi connectivity index (χ2v) is 9.83. The Labute approximate surface area is 237 Å². The number of nitrogens with zero attached hydrogens (tertiary/aromatic N) is 4. The minimum absolute atomic E-state index is 0.0522. The predicted molar refractivity (Wildman–Crippen MR) is 145 cm³/mol. The van der Waals surface area contributed by atoms with Crippen LogP contribution in [0.4, 0.5) is 29.1 Å². The smallest absolute Gasteiger partial charge is 0.491 e. The molecule has 1 saturated heterocycles. The number of alkyl halides is 3. The van der Waals surface area contributed by atoms with E-state index < -0.39 is 29.6 Å². The van der Waals surface area contributed by atoms with Gasteiger partial charge in [-0.15, -0.1) is 0 Å².